The Bertz CT molecular complexity index is 637. The molecule has 0 fully saturated rings. The SMILES string of the molecule is N#C/C(=C/c1ccco1)C(=O)Nc1ccc(F)cc1. The van der Waals surface area contributed by atoms with Crippen LogP contribution < -0.4 is 5.32 Å². The first-order valence-corrected chi connectivity index (χ1v) is 5.41. The predicted molar refractivity (Wildman–Crippen MR) is 67.3 cm³/mol. The third kappa shape index (κ3) is 3.30. The number of nitrogens with zero attached hydrogens (tertiary/aromatic N) is 1. The maximum absolute atomic E-state index is 12.7. The first kappa shape index (κ1) is 12.6. The van der Waals surface area contributed by atoms with Crippen LogP contribution in [0.2, 0.25) is 0 Å². The highest BCUT2D eigenvalue weighted by Gasteiger charge is 2.10. The Labute approximate surface area is 108 Å². The van der Waals surface area contributed by atoms with E-state index in [9.17, 15) is 9.18 Å². The predicted octanol–water partition coefficient (Wildman–Crippen LogP) is 2.96. The lowest BCUT2D eigenvalue weighted by Gasteiger charge is -2.03. The maximum Gasteiger partial charge on any atom is 0.266 e. The van der Waals surface area contributed by atoms with Gasteiger partial charge in [-0.25, -0.2) is 4.39 Å². The molecule has 4 nitrogen and oxygen atoms in total. The van der Waals surface area contributed by atoms with Crippen molar-refractivity contribution in [1.82, 2.24) is 0 Å². The number of halogens is 1. The molecule has 94 valence electrons. The molecule has 2 aromatic rings. The molecule has 0 spiro atoms. The van der Waals surface area contributed by atoms with Gasteiger partial charge >= 0.3 is 0 Å². The minimum absolute atomic E-state index is 0.0979. The zero-order valence-corrected chi connectivity index (χ0v) is 9.76. The first-order valence-electron chi connectivity index (χ1n) is 5.41. The van der Waals surface area contributed by atoms with E-state index in [2.05, 4.69) is 5.32 Å². The number of hydrogen-bond acceptors (Lipinski definition) is 3. The summed E-state index contributed by atoms with van der Waals surface area (Å²) < 4.78 is 17.7. The van der Waals surface area contributed by atoms with Crippen LogP contribution in [0.5, 0.6) is 0 Å². The number of nitriles is 1. The number of hydrogen-bond donors (Lipinski definition) is 1. The zero-order chi connectivity index (χ0) is 13.7. The van der Waals surface area contributed by atoms with E-state index in [1.54, 1.807) is 18.2 Å². The second kappa shape index (κ2) is 5.65. The van der Waals surface area contributed by atoms with E-state index in [-0.39, 0.29) is 5.57 Å². The molecule has 1 aromatic heterocycles. The van der Waals surface area contributed by atoms with Crippen molar-refractivity contribution < 1.29 is 13.6 Å². The molecule has 1 heterocycles. The first-order chi connectivity index (χ1) is 9.19. The summed E-state index contributed by atoms with van der Waals surface area (Å²) in [6.45, 7) is 0. The number of nitrogens with one attached hydrogen (secondary N) is 1. The van der Waals surface area contributed by atoms with Crippen molar-refractivity contribution in [3.05, 3.63) is 59.8 Å². The van der Waals surface area contributed by atoms with Gasteiger partial charge in [-0.1, -0.05) is 0 Å². The monoisotopic (exact) mass is 256 g/mol. The lowest BCUT2D eigenvalue weighted by molar-refractivity contribution is -0.112. The fraction of sp³-hybridized carbons (Fsp3) is 0. The minimum atomic E-state index is -0.578. The van der Waals surface area contributed by atoms with Gasteiger partial charge in [0.05, 0.1) is 6.26 Å². The summed E-state index contributed by atoms with van der Waals surface area (Å²) in [7, 11) is 0. The van der Waals surface area contributed by atoms with Crippen molar-refractivity contribution in [2.75, 3.05) is 5.32 Å². The number of rotatable bonds is 3. The van der Waals surface area contributed by atoms with Gasteiger partial charge < -0.3 is 9.73 Å². The molecule has 0 atom stereocenters. The Morgan fingerprint density at radius 2 is 2.05 bits per heavy atom. The van der Waals surface area contributed by atoms with Crippen LogP contribution in [-0.4, -0.2) is 5.91 Å². The summed E-state index contributed by atoms with van der Waals surface area (Å²) in [5, 5.41) is 11.4. The molecule has 0 radical (unpaired) electrons. The van der Waals surface area contributed by atoms with Gasteiger partial charge in [0, 0.05) is 11.8 Å². The molecule has 1 N–H and O–H groups in total. The third-order valence-corrected chi connectivity index (χ3v) is 2.30. The van der Waals surface area contributed by atoms with Gasteiger partial charge in [0.1, 0.15) is 23.2 Å². The van der Waals surface area contributed by atoms with E-state index in [1.807, 2.05) is 0 Å². The molecular weight excluding hydrogens is 247 g/mol. The van der Waals surface area contributed by atoms with E-state index in [4.69, 9.17) is 9.68 Å². The van der Waals surface area contributed by atoms with Crippen molar-refractivity contribution in [2.24, 2.45) is 0 Å². The van der Waals surface area contributed by atoms with Crippen LogP contribution in [0, 0.1) is 17.1 Å². The average Bonchev–Trinajstić information content (AvgIpc) is 2.91. The van der Waals surface area contributed by atoms with Crippen molar-refractivity contribution in [2.45, 2.75) is 0 Å². The Kier molecular flexibility index (Phi) is 3.74. The van der Waals surface area contributed by atoms with Gasteiger partial charge in [-0.2, -0.15) is 5.26 Å². The van der Waals surface area contributed by atoms with E-state index in [0.717, 1.165) is 0 Å². The van der Waals surface area contributed by atoms with Crippen LogP contribution in [0.25, 0.3) is 6.08 Å². The van der Waals surface area contributed by atoms with Crippen LogP contribution in [0.15, 0.2) is 52.7 Å². The average molecular weight is 256 g/mol. The molecular formula is C14H9FN2O2. The minimum Gasteiger partial charge on any atom is -0.465 e. The number of anilines is 1. The number of carbonyl (C=O) groups is 1. The molecule has 0 aliphatic carbocycles. The summed E-state index contributed by atoms with van der Waals surface area (Å²) in [5.74, 6) is -0.569. The molecule has 19 heavy (non-hydrogen) atoms. The molecule has 2 rings (SSSR count). The van der Waals surface area contributed by atoms with Crippen LogP contribution >= 0.6 is 0 Å². The van der Waals surface area contributed by atoms with E-state index < -0.39 is 11.7 Å². The molecule has 1 aromatic carbocycles. The molecule has 0 saturated heterocycles. The van der Waals surface area contributed by atoms with Crippen molar-refractivity contribution >= 4 is 17.7 Å². The fourth-order valence-corrected chi connectivity index (χ4v) is 1.40. The van der Waals surface area contributed by atoms with E-state index >= 15 is 0 Å². The highest BCUT2D eigenvalue weighted by Crippen LogP contribution is 2.12. The van der Waals surface area contributed by atoms with Gasteiger partial charge in [-0.15, -0.1) is 0 Å². The van der Waals surface area contributed by atoms with E-state index in [0.29, 0.717) is 11.4 Å². The van der Waals surface area contributed by atoms with Crippen LogP contribution in [0.4, 0.5) is 10.1 Å². The summed E-state index contributed by atoms with van der Waals surface area (Å²) in [6, 6.07) is 10.3. The second-order valence-electron chi connectivity index (χ2n) is 3.65. The van der Waals surface area contributed by atoms with Crippen LogP contribution in [-0.2, 0) is 4.79 Å². The summed E-state index contributed by atoms with van der Waals surface area (Å²) in [4.78, 5) is 11.8. The summed E-state index contributed by atoms with van der Waals surface area (Å²) in [6.07, 6.45) is 2.78. The fourth-order valence-electron chi connectivity index (χ4n) is 1.40. The number of carbonyl (C=O) groups excluding carboxylic acids is 1. The molecule has 5 heteroatoms. The topological polar surface area (TPSA) is 66.0 Å². The van der Waals surface area contributed by atoms with Gasteiger partial charge in [0.15, 0.2) is 0 Å². The Morgan fingerprint density at radius 3 is 2.63 bits per heavy atom. The molecule has 0 aliphatic heterocycles. The summed E-state index contributed by atoms with van der Waals surface area (Å²) >= 11 is 0. The molecule has 0 unspecified atom stereocenters. The third-order valence-electron chi connectivity index (χ3n) is 2.30. The lowest BCUT2D eigenvalue weighted by atomic mass is 10.2. The largest absolute Gasteiger partial charge is 0.465 e. The van der Waals surface area contributed by atoms with Gasteiger partial charge in [0.2, 0.25) is 0 Å². The van der Waals surface area contributed by atoms with E-state index in [1.165, 1.54) is 36.6 Å². The Morgan fingerprint density at radius 1 is 1.32 bits per heavy atom. The smallest absolute Gasteiger partial charge is 0.266 e. The summed E-state index contributed by atoms with van der Waals surface area (Å²) in [5.41, 5.74) is 0.311. The van der Waals surface area contributed by atoms with Crippen LogP contribution in [0.1, 0.15) is 5.76 Å². The van der Waals surface area contributed by atoms with Gasteiger partial charge in [0.25, 0.3) is 5.91 Å². The Hall–Kier alpha value is -2.87. The maximum atomic E-state index is 12.7. The second-order valence-corrected chi connectivity index (χ2v) is 3.65. The molecule has 0 saturated carbocycles. The van der Waals surface area contributed by atoms with Crippen LogP contribution in [0.3, 0.4) is 0 Å². The molecule has 0 bridgehead atoms. The quantitative estimate of drug-likeness (QED) is 0.678. The van der Waals surface area contributed by atoms with Gasteiger partial charge in [-0.05, 0) is 36.4 Å². The zero-order valence-electron chi connectivity index (χ0n) is 9.76. The normalized spacial score (nSPS) is 10.8. The standard InChI is InChI=1S/C14H9FN2O2/c15-11-3-5-12(6-4-11)17-14(18)10(9-16)8-13-2-1-7-19-13/h1-8H,(H,17,18)/b10-8-. The van der Waals surface area contributed by atoms with Gasteiger partial charge in [-0.3, -0.25) is 4.79 Å². The van der Waals surface area contributed by atoms with Crippen molar-refractivity contribution in [3.63, 3.8) is 0 Å². The number of benzene rings is 1. The highest BCUT2D eigenvalue weighted by molar-refractivity contribution is 6.09. The molecule has 1 amide bonds. The number of amides is 1. The number of furan rings is 1. The van der Waals surface area contributed by atoms with Crippen molar-refractivity contribution in [1.29, 1.82) is 5.26 Å². The highest BCUT2D eigenvalue weighted by atomic mass is 19.1. The Balaban J connectivity index is 2.14. The molecule has 0 aliphatic rings. The van der Waals surface area contributed by atoms with Crippen molar-refractivity contribution in [3.8, 4) is 6.07 Å². The lowest BCUT2D eigenvalue weighted by Crippen LogP contribution is -2.13.